The van der Waals surface area contributed by atoms with Gasteiger partial charge in [-0.25, -0.2) is 0 Å². The van der Waals surface area contributed by atoms with Gasteiger partial charge in [-0.3, -0.25) is 4.99 Å². The zero-order valence-corrected chi connectivity index (χ0v) is 11.7. The maximum Gasteiger partial charge on any atom is 0.390 e. The maximum atomic E-state index is 12.1. The van der Waals surface area contributed by atoms with E-state index in [-0.39, 0.29) is 12.0 Å². The fraction of sp³-hybridized carbons (Fsp3) is 0.923. The SMILES string of the molecule is CCNC(=NCC1(CC)CCC1)NCCC(F)(F)F. The fourth-order valence-corrected chi connectivity index (χ4v) is 2.21. The van der Waals surface area contributed by atoms with Gasteiger partial charge in [-0.15, -0.1) is 0 Å². The van der Waals surface area contributed by atoms with Gasteiger partial charge in [0.1, 0.15) is 0 Å². The van der Waals surface area contributed by atoms with Crippen LogP contribution in [0.1, 0.15) is 46.0 Å². The number of aliphatic imine (C=N–C) groups is 1. The molecule has 0 spiro atoms. The first kappa shape index (κ1) is 16.1. The molecule has 0 radical (unpaired) electrons. The third-order valence-electron chi connectivity index (χ3n) is 3.78. The molecule has 3 nitrogen and oxygen atoms in total. The number of guanidine groups is 1. The molecule has 1 aliphatic rings. The van der Waals surface area contributed by atoms with E-state index in [4.69, 9.17) is 0 Å². The van der Waals surface area contributed by atoms with Crippen molar-refractivity contribution in [1.82, 2.24) is 10.6 Å². The Morgan fingerprint density at radius 1 is 1.21 bits per heavy atom. The van der Waals surface area contributed by atoms with Crippen molar-refractivity contribution in [2.45, 2.75) is 52.1 Å². The van der Waals surface area contributed by atoms with Gasteiger partial charge in [0.05, 0.1) is 6.42 Å². The Bertz CT molecular complexity index is 290. The van der Waals surface area contributed by atoms with Crippen LogP contribution in [-0.4, -0.2) is 31.8 Å². The standard InChI is InChI=1S/C13H24F3N3/c1-3-12(6-5-7-12)10-19-11(17-4-2)18-9-8-13(14,15)16/h3-10H2,1-2H3,(H2,17,18,19). The summed E-state index contributed by atoms with van der Waals surface area (Å²) in [5, 5.41) is 5.73. The van der Waals surface area contributed by atoms with Crippen LogP contribution in [-0.2, 0) is 0 Å². The lowest BCUT2D eigenvalue weighted by atomic mass is 9.67. The van der Waals surface area contributed by atoms with Crippen molar-refractivity contribution < 1.29 is 13.2 Å². The van der Waals surface area contributed by atoms with Crippen LogP contribution in [0.3, 0.4) is 0 Å². The minimum absolute atomic E-state index is 0.130. The number of nitrogens with one attached hydrogen (secondary N) is 2. The Kier molecular flexibility index (Phi) is 5.94. The molecule has 0 saturated heterocycles. The molecular weight excluding hydrogens is 255 g/mol. The van der Waals surface area contributed by atoms with Gasteiger partial charge in [0.15, 0.2) is 5.96 Å². The van der Waals surface area contributed by atoms with Crippen LogP contribution in [0.25, 0.3) is 0 Å². The van der Waals surface area contributed by atoms with E-state index in [1.807, 2.05) is 6.92 Å². The molecule has 112 valence electrons. The summed E-state index contributed by atoms with van der Waals surface area (Å²) in [6.45, 7) is 5.27. The number of hydrogen-bond donors (Lipinski definition) is 2. The van der Waals surface area contributed by atoms with Crippen molar-refractivity contribution in [1.29, 1.82) is 0 Å². The average Bonchev–Trinajstić information content (AvgIpc) is 2.26. The van der Waals surface area contributed by atoms with Gasteiger partial charge in [0.25, 0.3) is 0 Å². The van der Waals surface area contributed by atoms with Gasteiger partial charge >= 0.3 is 6.18 Å². The predicted octanol–water partition coefficient (Wildman–Crippen LogP) is 3.07. The third kappa shape index (κ3) is 5.70. The van der Waals surface area contributed by atoms with Gasteiger partial charge < -0.3 is 10.6 Å². The van der Waals surface area contributed by atoms with E-state index in [0.29, 0.717) is 19.0 Å². The summed E-state index contributed by atoms with van der Waals surface area (Å²) >= 11 is 0. The fourth-order valence-electron chi connectivity index (χ4n) is 2.21. The molecule has 1 fully saturated rings. The predicted molar refractivity (Wildman–Crippen MR) is 71.2 cm³/mol. The first-order valence-corrected chi connectivity index (χ1v) is 7.00. The molecule has 2 N–H and O–H groups in total. The lowest BCUT2D eigenvalue weighted by Crippen LogP contribution is -2.40. The van der Waals surface area contributed by atoms with Crippen molar-refractivity contribution in [3.63, 3.8) is 0 Å². The van der Waals surface area contributed by atoms with E-state index in [2.05, 4.69) is 22.5 Å². The number of halogens is 3. The van der Waals surface area contributed by atoms with Crippen LogP contribution in [0.2, 0.25) is 0 Å². The Morgan fingerprint density at radius 2 is 1.89 bits per heavy atom. The van der Waals surface area contributed by atoms with Crippen molar-refractivity contribution in [3.05, 3.63) is 0 Å². The molecule has 0 aromatic rings. The first-order valence-electron chi connectivity index (χ1n) is 7.00. The van der Waals surface area contributed by atoms with E-state index in [1.165, 1.54) is 19.3 Å². The Balaban J connectivity index is 2.42. The largest absolute Gasteiger partial charge is 0.390 e. The summed E-state index contributed by atoms with van der Waals surface area (Å²) in [6.07, 6.45) is -0.289. The van der Waals surface area contributed by atoms with E-state index in [1.54, 1.807) is 0 Å². The summed E-state index contributed by atoms with van der Waals surface area (Å²) in [5.41, 5.74) is 0.284. The molecule has 0 amide bonds. The Labute approximate surface area is 113 Å². The van der Waals surface area contributed by atoms with E-state index < -0.39 is 12.6 Å². The van der Waals surface area contributed by atoms with Crippen LogP contribution < -0.4 is 10.6 Å². The topological polar surface area (TPSA) is 36.4 Å². The van der Waals surface area contributed by atoms with Crippen LogP contribution in [0.15, 0.2) is 4.99 Å². The number of alkyl halides is 3. The van der Waals surface area contributed by atoms with Gasteiger partial charge in [0, 0.05) is 19.6 Å². The number of nitrogens with zero attached hydrogens (tertiary/aromatic N) is 1. The van der Waals surface area contributed by atoms with Gasteiger partial charge in [-0.05, 0) is 31.6 Å². The summed E-state index contributed by atoms with van der Waals surface area (Å²) in [4.78, 5) is 4.43. The number of rotatable bonds is 6. The molecular formula is C13H24F3N3. The van der Waals surface area contributed by atoms with Gasteiger partial charge in [0.2, 0.25) is 0 Å². The Hall–Kier alpha value is -0.940. The molecule has 0 atom stereocenters. The minimum Gasteiger partial charge on any atom is -0.357 e. The maximum absolute atomic E-state index is 12.1. The van der Waals surface area contributed by atoms with Gasteiger partial charge in [-0.1, -0.05) is 13.3 Å². The molecule has 0 aromatic carbocycles. The zero-order chi connectivity index (χ0) is 14.4. The second kappa shape index (κ2) is 7.01. The van der Waals surface area contributed by atoms with Crippen LogP contribution >= 0.6 is 0 Å². The lowest BCUT2D eigenvalue weighted by Gasteiger charge is -2.40. The average molecular weight is 279 g/mol. The monoisotopic (exact) mass is 279 g/mol. The zero-order valence-electron chi connectivity index (χ0n) is 11.7. The molecule has 1 aliphatic carbocycles. The van der Waals surface area contributed by atoms with Crippen molar-refractivity contribution in [2.75, 3.05) is 19.6 Å². The quantitative estimate of drug-likeness (QED) is 0.579. The van der Waals surface area contributed by atoms with Gasteiger partial charge in [-0.2, -0.15) is 13.2 Å². The highest BCUT2D eigenvalue weighted by Crippen LogP contribution is 2.43. The number of hydrogen-bond acceptors (Lipinski definition) is 1. The molecule has 1 saturated carbocycles. The lowest BCUT2D eigenvalue weighted by molar-refractivity contribution is -0.132. The molecule has 0 aliphatic heterocycles. The molecule has 1 rings (SSSR count). The third-order valence-corrected chi connectivity index (χ3v) is 3.78. The highest BCUT2D eigenvalue weighted by molar-refractivity contribution is 5.79. The van der Waals surface area contributed by atoms with Crippen LogP contribution in [0.4, 0.5) is 13.2 Å². The second-order valence-electron chi connectivity index (χ2n) is 5.19. The minimum atomic E-state index is -4.12. The van der Waals surface area contributed by atoms with E-state index in [9.17, 15) is 13.2 Å². The molecule has 0 heterocycles. The molecule has 0 bridgehead atoms. The molecule has 0 unspecified atom stereocenters. The highest BCUT2D eigenvalue weighted by atomic mass is 19.4. The molecule has 19 heavy (non-hydrogen) atoms. The Morgan fingerprint density at radius 3 is 2.32 bits per heavy atom. The summed E-state index contributed by atoms with van der Waals surface area (Å²) in [6, 6.07) is 0. The molecule has 6 heteroatoms. The molecule has 0 aromatic heterocycles. The van der Waals surface area contributed by atoms with Crippen molar-refractivity contribution in [3.8, 4) is 0 Å². The van der Waals surface area contributed by atoms with E-state index in [0.717, 1.165) is 6.42 Å². The summed E-state index contributed by atoms with van der Waals surface area (Å²) in [5.74, 6) is 0.492. The van der Waals surface area contributed by atoms with Crippen molar-refractivity contribution in [2.24, 2.45) is 10.4 Å². The van der Waals surface area contributed by atoms with Crippen LogP contribution in [0, 0.1) is 5.41 Å². The summed E-state index contributed by atoms with van der Waals surface area (Å²) < 4.78 is 36.3. The highest BCUT2D eigenvalue weighted by Gasteiger charge is 2.34. The van der Waals surface area contributed by atoms with Crippen LogP contribution in [0.5, 0.6) is 0 Å². The summed E-state index contributed by atoms with van der Waals surface area (Å²) in [7, 11) is 0. The second-order valence-corrected chi connectivity index (χ2v) is 5.19. The van der Waals surface area contributed by atoms with Crippen molar-refractivity contribution >= 4 is 5.96 Å². The smallest absolute Gasteiger partial charge is 0.357 e. The first-order chi connectivity index (χ1) is 8.91. The van der Waals surface area contributed by atoms with E-state index >= 15 is 0 Å². The normalized spacial score (nSPS) is 18.9.